The van der Waals surface area contributed by atoms with E-state index in [0.29, 0.717) is 19.0 Å². The van der Waals surface area contributed by atoms with Gasteiger partial charge in [-0.1, -0.05) is 36.4 Å². The maximum absolute atomic E-state index is 12.3. The van der Waals surface area contributed by atoms with Crippen molar-refractivity contribution in [3.63, 3.8) is 0 Å². The van der Waals surface area contributed by atoms with Gasteiger partial charge in [0.25, 0.3) is 0 Å². The molecule has 5 nitrogen and oxygen atoms in total. The molecule has 2 aromatic carbocycles. The summed E-state index contributed by atoms with van der Waals surface area (Å²) in [6, 6.07) is 14.4. The average Bonchev–Trinajstić information content (AvgIpc) is 3.08. The first kappa shape index (κ1) is 17.3. The number of nitrogens with one attached hydrogen (secondary N) is 1. The van der Waals surface area contributed by atoms with Gasteiger partial charge in [-0.15, -0.1) is 0 Å². The van der Waals surface area contributed by atoms with Gasteiger partial charge in [0, 0.05) is 40.2 Å². The molecular weight excluding hydrogens is 314 g/mol. The second-order valence-corrected chi connectivity index (χ2v) is 6.84. The average molecular weight is 339 g/mol. The van der Waals surface area contributed by atoms with Gasteiger partial charge in [-0.05, 0) is 34.7 Å². The molecule has 0 aromatic heterocycles. The summed E-state index contributed by atoms with van der Waals surface area (Å²) >= 11 is 0. The van der Waals surface area contributed by atoms with Crippen molar-refractivity contribution in [2.24, 2.45) is 5.92 Å². The van der Waals surface area contributed by atoms with E-state index in [-0.39, 0.29) is 11.9 Å². The minimum atomic E-state index is -0.0746. The molecule has 0 aliphatic carbocycles. The van der Waals surface area contributed by atoms with E-state index in [1.165, 1.54) is 10.8 Å². The van der Waals surface area contributed by atoms with Crippen LogP contribution in [0.5, 0.6) is 0 Å². The van der Waals surface area contributed by atoms with Gasteiger partial charge in [-0.2, -0.15) is 0 Å². The summed E-state index contributed by atoms with van der Waals surface area (Å²) in [4.78, 5) is 27.3. The fourth-order valence-electron chi connectivity index (χ4n) is 3.40. The van der Waals surface area contributed by atoms with E-state index in [4.69, 9.17) is 0 Å². The van der Waals surface area contributed by atoms with Crippen LogP contribution >= 0.6 is 0 Å². The van der Waals surface area contributed by atoms with Crippen LogP contribution in [0.1, 0.15) is 18.9 Å². The fourth-order valence-corrected chi connectivity index (χ4v) is 3.40. The largest absolute Gasteiger partial charge is 0.343 e. The topological polar surface area (TPSA) is 52.7 Å². The number of hydrogen-bond acceptors (Lipinski definition) is 2. The van der Waals surface area contributed by atoms with Crippen LogP contribution in [0.3, 0.4) is 0 Å². The monoisotopic (exact) mass is 339 g/mol. The Morgan fingerprint density at radius 2 is 1.96 bits per heavy atom. The Morgan fingerprint density at radius 1 is 1.20 bits per heavy atom. The molecule has 1 atom stereocenters. The molecule has 0 bridgehead atoms. The first-order valence-electron chi connectivity index (χ1n) is 8.75. The van der Waals surface area contributed by atoms with Gasteiger partial charge in [-0.3, -0.25) is 4.79 Å². The number of rotatable bonds is 4. The number of nitrogens with zero attached hydrogens (tertiary/aromatic N) is 2. The highest BCUT2D eigenvalue weighted by Crippen LogP contribution is 2.18. The van der Waals surface area contributed by atoms with Crippen molar-refractivity contribution < 1.29 is 9.59 Å². The maximum atomic E-state index is 12.3. The molecule has 1 saturated heterocycles. The molecule has 0 radical (unpaired) electrons. The van der Waals surface area contributed by atoms with Crippen LogP contribution in [0.4, 0.5) is 4.79 Å². The summed E-state index contributed by atoms with van der Waals surface area (Å²) in [5.41, 5.74) is 1.09. The van der Waals surface area contributed by atoms with Crippen molar-refractivity contribution in [2.75, 3.05) is 26.7 Å². The summed E-state index contributed by atoms with van der Waals surface area (Å²) < 4.78 is 0. The van der Waals surface area contributed by atoms with Crippen LogP contribution in [0, 0.1) is 5.92 Å². The van der Waals surface area contributed by atoms with Crippen LogP contribution < -0.4 is 5.32 Å². The highest BCUT2D eigenvalue weighted by molar-refractivity contribution is 5.83. The van der Waals surface area contributed by atoms with E-state index < -0.39 is 0 Å². The number of carbonyl (C=O) groups is 2. The number of amides is 3. The van der Waals surface area contributed by atoms with Gasteiger partial charge in [0.1, 0.15) is 0 Å². The molecule has 132 valence electrons. The van der Waals surface area contributed by atoms with Gasteiger partial charge in [0.15, 0.2) is 0 Å². The molecule has 1 unspecified atom stereocenters. The lowest BCUT2D eigenvalue weighted by Gasteiger charge is -2.22. The SMILES string of the molecule is CC(=O)N1CCC(CN(C)C(=O)NCc2ccc3ccccc3c2)C1. The fraction of sp³-hybridized carbons (Fsp3) is 0.400. The number of carbonyl (C=O) groups excluding carboxylic acids is 2. The Bertz CT molecular complexity index is 774. The van der Waals surface area contributed by atoms with E-state index >= 15 is 0 Å². The highest BCUT2D eigenvalue weighted by atomic mass is 16.2. The van der Waals surface area contributed by atoms with Gasteiger partial charge in [0.2, 0.25) is 5.91 Å². The van der Waals surface area contributed by atoms with Crippen molar-refractivity contribution in [1.82, 2.24) is 15.1 Å². The van der Waals surface area contributed by atoms with Gasteiger partial charge < -0.3 is 15.1 Å². The summed E-state index contributed by atoms with van der Waals surface area (Å²) in [6.45, 7) is 4.33. The second kappa shape index (κ2) is 7.55. The summed E-state index contributed by atoms with van der Waals surface area (Å²) in [5, 5.41) is 5.36. The third kappa shape index (κ3) is 4.29. The quantitative estimate of drug-likeness (QED) is 0.931. The summed E-state index contributed by atoms with van der Waals surface area (Å²) in [6.07, 6.45) is 0.960. The van der Waals surface area contributed by atoms with E-state index in [2.05, 4.69) is 29.6 Å². The third-order valence-electron chi connectivity index (χ3n) is 4.87. The van der Waals surface area contributed by atoms with E-state index in [1.807, 2.05) is 30.1 Å². The first-order chi connectivity index (χ1) is 12.0. The molecule has 1 N–H and O–H groups in total. The van der Waals surface area contributed by atoms with Crippen molar-refractivity contribution in [3.8, 4) is 0 Å². The number of likely N-dealkylation sites (tertiary alicyclic amines) is 1. The lowest BCUT2D eigenvalue weighted by molar-refractivity contribution is -0.127. The lowest BCUT2D eigenvalue weighted by Crippen LogP contribution is -2.40. The smallest absolute Gasteiger partial charge is 0.317 e. The molecule has 5 heteroatoms. The van der Waals surface area contributed by atoms with Crippen LogP contribution in [0.25, 0.3) is 10.8 Å². The minimum absolute atomic E-state index is 0.0746. The molecule has 1 aliphatic heterocycles. The third-order valence-corrected chi connectivity index (χ3v) is 4.87. The standard InChI is InChI=1S/C20H25N3O2/c1-15(24)23-10-9-17(14-23)13-22(2)20(25)21-12-16-7-8-18-5-3-4-6-19(18)11-16/h3-8,11,17H,9-10,12-14H2,1-2H3,(H,21,25). The predicted octanol–water partition coefficient (Wildman–Crippen LogP) is 2.85. The molecule has 0 spiro atoms. The molecule has 25 heavy (non-hydrogen) atoms. The zero-order valence-corrected chi connectivity index (χ0v) is 14.9. The Balaban J connectivity index is 1.50. The van der Waals surface area contributed by atoms with Gasteiger partial charge >= 0.3 is 6.03 Å². The summed E-state index contributed by atoms with van der Waals surface area (Å²) in [5.74, 6) is 0.478. The van der Waals surface area contributed by atoms with E-state index in [9.17, 15) is 9.59 Å². The molecular formula is C20H25N3O2. The van der Waals surface area contributed by atoms with Crippen molar-refractivity contribution in [1.29, 1.82) is 0 Å². The molecule has 1 fully saturated rings. The second-order valence-electron chi connectivity index (χ2n) is 6.84. The Labute approximate surface area is 148 Å². The molecule has 1 heterocycles. The van der Waals surface area contributed by atoms with Crippen LogP contribution in [-0.2, 0) is 11.3 Å². The van der Waals surface area contributed by atoms with Gasteiger partial charge in [-0.25, -0.2) is 4.79 Å². The highest BCUT2D eigenvalue weighted by Gasteiger charge is 2.26. The van der Waals surface area contributed by atoms with Crippen LogP contribution in [0.15, 0.2) is 42.5 Å². The Hall–Kier alpha value is -2.56. The maximum Gasteiger partial charge on any atom is 0.317 e. The molecule has 0 saturated carbocycles. The molecule has 3 amide bonds. The Kier molecular flexibility index (Phi) is 5.22. The van der Waals surface area contributed by atoms with Crippen LogP contribution in [-0.4, -0.2) is 48.4 Å². The van der Waals surface area contributed by atoms with Crippen molar-refractivity contribution in [3.05, 3.63) is 48.0 Å². The number of hydrogen-bond donors (Lipinski definition) is 1. The van der Waals surface area contributed by atoms with E-state index in [0.717, 1.165) is 25.1 Å². The molecule has 1 aliphatic rings. The lowest BCUT2D eigenvalue weighted by atomic mass is 10.1. The van der Waals surface area contributed by atoms with E-state index in [1.54, 1.807) is 11.8 Å². The normalized spacial score (nSPS) is 16.9. The predicted molar refractivity (Wildman–Crippen MR) is 99.2 cm³/mol. The van der Waals surface area contributed by atoms with Crippen LogP contribution in [0.2, 0.25) is 0 Å². The first-order valence-corrected chi connectivity index (χ1v) is 8.75. The molecule has 2 aromatic rings. The Morgan fingerprint density at radius 3 is 2.68 bits per heavy atom. The minimum Gasteiger partial charge on any atom is -0.343 e. The zero-order valence-electron chi connectivity index (χ0n) is 14.9. The van der Waals surface area contributed by atoms with Gasteiger partial charge in [0.05, 0.1) is 0 Å². The summed E-state index contributed by atoms with van der Waals surface area (Å²) in [7, 11) is 1.81. The number of urea groups is 1. The number of benzene rings is 2. The molecule has 3 rings (SSSR count). The number of fused-ring (bicyclic) bond motifs is 1. The zero-order chi connectivity index (χ0) is 17.8. The van der Waals surface area contributed by atoms with Crippen molar-refractivity contribution >= 4 is 22.7 Å². The van der Waals surface area contributed by atoms with Crippen molar-refractivity contribution in [2.45, 2.75) is 19.9 Å².